The van der Waals surface area contributed by atoms with Gasteiger partial charge in [-0.1, -0.05) is 45.4 Å². The molecule has 1 fully saturated rings. The Morgan fingerprint density at radius 2 is 1.91 bits per heavy atom. The number of rotatable bonds is 6. The van der Waals surface area contributed by atoms with Crippen molar-refractivity contribution in [3.05, 3.63) is 23.0 Å². The molecule has 0 saturated heterocycles. The fraction of sp³-hybridized carbons (Fsp3) is 0.632. The second-order valence-corrected chi connectivity index (χ2v) is 6.52. The number of aromatic nitrogens is 1. The van der Waals surface area contributed by atoms with Crippen molar-refractivity contribution in [1.29, 1.82) is 0 Å². The standard InChI is InChI=1S/C19H28N2O2/c1-3-9-16-18(15-10-7-5-4-6-8-11-15)17(21-13-22)12-20-19(16)14(2)23/h12-13,15H,3-11H2,1-2H3,(H,21,22). The topological polar surface area (TPSA) is 59.1 Å². The van der Waals surface area contributed by atoms with Crippen molar-refractivity contribution in [3.63, 3.8) is 0 Å². The number of carbonyl (C=O) groups excluding carboxylic acids is 2. The quantitative estimate of drug-likeness (QED) is 0.614. The predicted molar refractivity (Wildman–Crippen MR) is 93.0 cm³/mol. The van der Waals surface area contributed by atoms with Crippen molar-refractivity contribution in [3.8, 4) is 0 Å². The lowest BCUT2D eigenvalue weighted by Gasteiger charge is -2.26. The fourth-order valence-corrected chi connectivity index (χ4v) is 3.76. The number of nitrogens with zero attached hydrogens (tertiary/aromatic N) is 1. The third-order valence-corrected chi connectivity index (χ3v) is 4.79. The highest BCUT2D eigenvalue weighted by molar-refractivity contribution is 5.94. The van der Waals surface area contributed by atoms with Gasteiger partial charge in [-0.05, 0) is 36.3 Å². The number of carbonyl (C=O) groups is 2. The van der Waals surface area contributed by atoms with Crippen molar-refractivity contribution >= 4 is 17.9 Å². The zero-order chi connectivity index (χ0) is 16.7. The summed E-state index contributed by atoms with van der Waals surface area (Å²) >= 11 is 0. The molecule has 1 aromatic heterocycles. The van der Waals surface area contributed by atoms with Crippen molar-refractivity contribution in [2.45, 2.75) is 77.6 Å². The number of hydrogen-bond acceptors (Lipinski definition) is 3. The van der Waals surface area contributed by atoms with E-state index in [9.17, 15) is 9.59 Å². The molecule has 1 aliphatic rings. The van der Waals surface area contributed by atoms with Crippen LogP contribution < -0.4 is 5.32 Å². The Hall–Kier alpha value is -1.71. The van der Waals surface area contributed by atoms with Gasteiger partial charge in [0.05, 0.1) is 11.9 Å². The van der Waals surface area contributed by atoms with E-state index in [0.29, 0.717) is 18.0 Å². The smallest absolute Gasteiger partial charge is 0.211 e. The number of pyridine rings is 1. The lowest BCUT2D eigenvalue weighted by Crippen LogP contribution is -2.15. The normalized spacial score (nSPS) is 16.4. The van der Waals surface area contributed by atoms with Crippen molar-refractivity contribution in [1.82, 2.24) is 4.98 Å². The molecule has 0 atom stereocenters. The van der Waals surface area contributed by atoms with Crippen LogP contribution >= 0.6 is 0 Å². The number of Topliss-reactive ketones (excluding diaryl/α,β-unsaturated/α-hetero) is 1. The summed E-state index contributed by atoms with van der Waals surface area (Å²) in [6.45, 7) is 3.70. The minimum atomic E-state index is 0.0122. The average molecular weight is 316 g/mol. The minimum absolute atomic E-state index is 0.0122. The second kappa shape index (κ2) is 8.80. The van der Waals surface area contributed by atoms with Gasteiger partial charge in [-0.2, -0.15) is 0 Å². The molecule has 4 nitrogen and oxygen atoms in total. The number of hydrogen-bond donors (Lipinski definition) is 1. The van der Waals surface area contributed by atoms with E-state index in [-0.39, 0.29) is 5.78 Å². The lowest BCUT2D eigenvalue weighted by atomic mass is 9.81. The van der Waals surface area contributed by atoms with E-state index >= 15 is 0 Å². The molecule has 1 N–H and O–H groups in total. The summed E-state index contributed by atoms with van der Waals surface area (Å²) in [5, 5.41) is 2.82. The number of nitrogens with one attached hydrogen (secondary N) is 1. The summed E-state index contributed by atoms with van der Waals surface area (Å²) in [5.41, 5.74) is 3.60. The SMILES string of the molecule is CCCc1c(C(C)=O)ncc(NC=O)c1C1CCCCCCC1. The molecule has 2 rings (SSSR count). The van der Waals surface area contributed by atoms with Crippen LogP contribution in [0.1, 0.15) is 92.7 Å². The third kappa shape index (κ3) is 4.40. The fourth-order valence-electron chi connectivity index (χ4n) is 3.76. The van der Waals surface area contributed by atoms with Gasteiger partial charge in [-0.15, -0.1) is 0 Å². The Morgan fingerprint density at radius 3 is 2.48 bits per heavy atom. The molecule has 0 aromatic carbocycles. The van der Waals surface area contributed by atoms with E-state index in [1.807, 2.05) is 0 Å². The van der Waals surface area contributed by atoms with Gasteiger partial charge >= 0.3 is 0 Å². The van der Waals surface area contributed by atoms with E-state index in [4.69, 9.17) is 0 Å². The maximum atomic E-state index is 12.0. The Bertz CT molecular complexity index is 547. The Labute approximate surface area is 139 Å². The first kappa shape index (κ1) is 17.6. The predicted octanol–water partition coefficient (Wildman–Crippen LogP) is 4.63. The van der Waals surface area contributed by atoms with Gasteiger partial charge in [0.25, 0.3) is 0 Å². The Balaban J connectivity index is 2.51. The number of anilines is 1. The highest BCUT2D eigenvalue weighted by atomic mass is 16.1. The van der Waals surface area contributed by atoms with Crippen LogP contribution in [0.4, 0.5) is 5.69 Å². The molecule has 1 aliphatic carbocycles. The first-order valence-electron chi connectivity index (χ1n) is 8.91. The van der Waals surface area contributed by atoms with Crippen molar-refractivity contribution in [2.75, 3.05) is 5.32 Å². The van der Waals surface area contributed by atoms with Crippen LogP contribution in [0.2, 0.25) is 0 Å². The van der Waals surface area contributed by atoms with Gasteiger partial charge in [-0.25, -0.2) is 0 Å². The van der Waals surface area contributed by atoms with Gasteiger partial charge in [0, 0.05) is 6.92 Å². The van der Waals surface area contributed by atoms with Gasteiger partial charge in [0.1, 0.15) is 5.69 Å². The van der Waals surface area contributed by atoms with Crippen LogP contribution in [0.3, 0.4) is 0 Å². The van der Waals surface area contributed by atoms with Crippen LogP contribution in [-0.2, 0) is 11.2 Å². The first-order chi connectivity index (χ1) is 11.2. The molecule has 1 aromatic rings. The number of ketones is 1. The zero-order valence-corrected chi connectivity index (χ0v) is 14.4. The highest BCUT2D eigenvalue weighted by Crippen LogP contribution is 2.38. The van der Waals surface area contributed by atoms with E-state index in [1.54, 1.807) is 13.1 Å². The molecule has 23 heavy (non-hydrogen) atoms. The first-order valence-corrected chi connectivity index (χ1v) is 8.91. The molecular formula is C19H28N2O2. The molecule has 1 saturated carbocycles. The molecule has 1 amide bonds. The summed E-state index contributed by atoms with van der Waals surface area (Å²) in [5.74, 6) is 0.429. The molecule has 126 valence electrons. The molecule has 1 heterocycles. The van der Waals surface area contributed by atoms with Crippen LogP contribution in [0.5, 0.6) is 0 Å². The second-order valence-electron chi connectivity index (χ2n) is 6.52. The largest absolute Gasteiger partial charge is 0.327 e. The summed E-state index contributed by atoms with van der Waals surface area (Å²) < 4.78 is 0. The Kier molecular flexibility index (Phi) is 6.75. The van der Waals surface area contributed by atoms with Gasteiger partial charge in [0.15, 0.2) is 5.78 Å². The molecule has 0 spiro atoms. The molecule has 4 heteroatoms. The van der Waals surface area contributed by atoms with Crippen LogP contribution in [0.25, 0.3) is 0 Å². The lowest BCUT2D eigenvalue weighted by molar-refractivity contribution is -0.105. The maximum Gasteiger partial charge on any atom is 0.211 e. The zero-order valence-electron chi connectivity index (χ0n) is 14.4. The summed E-state index contributed by atoms with van der Waals surface area (Å²) in [4.78, 5) is 27.4. The summed E-state index contributed by atoms with van der Waals surface area (Å²) in [6, 6.07) is 0. The monoisotopic (exact) mass is 316 g/mol. The maximum absolute atomic E-state index is 12.0. The van der Waals surface area contributed by atoms with E-state index in [0.717, 1.165) is 36.9 Å². The average Bonchev–Trinajstić information content (AvgIpc) is 2.48. The van der Waals surface area contributed by atoms with Crippen LogP contribution in [-0.4, -0.2) is 17.2 Å². The molecule has 0 bridgehead atoms. The molecule has 0 aliphatic heterocycles. The van der Waals surface area contributed by atoms with E-state index < -0.39 is 0 Å². The van der Waals surface area contributed by atoms with Crippen LogP contribution in [0.15, 0.2) is 6.20 Å². The van der Waals surface area contributed by atoms with Crippen molar-refractivity contribution < 1.29 is 9.59 Å². The molecule has 0 unspecified atom stereocenters. The Morgan fingerprint density at radius 1 is 1.26 bits per heavy atom. The summed E-state index contributed by atoms with van der Waals surface area (Å²) in [6.07, 6.45) is 12.8. The third-order valence-electron chi connectivity index (χ3n) is 4.79. The minimum Gasteiger partial charge on any atom is -0.327 e. The highest BCUT2D eigenvalue weighted by Gasteiger charge is 2.24. The van der Waals surface area contributed by atoms with E-state index in [1.165, 1.54) is 37.7 Å². The molecule has 0 radical (unpaired) electrons. The summed E-state index contributed by atoms with van der Waals surface area (Å²) in [7, 11) is 0. The van der Waals surface area contributed by atoms with E-state index in [2.05, 4.69) is 17.2 Å². The molecular weight excluding hydrogens is 288 g/mol. The number of amides is 1. The van der Waals surface area contributed by atoms with Gasteiger partial charge < -0.3 is 5.32 Å². The van der Waals surface area contributed by atoms with Crippen LogP contribution in [0, 0.1) is 0 Å². The van der Waals surface area contributed by atoms with Gasteiger partial charge in [0.2, 0.25) is 6.41 Å². The van der Waals surface area contributed by atoms with Crippen molar-refractivity contribution in [2.24, 2.45) is 0 Å². The van der Waals surface area contributed by atoms with Gasteiger partial charge in [-0.3, -0.25) is 14.6 Å².